The molecule has 0 atom stereocenters. The molecule has 0 heterocycles. The average Bonchev–Trinajstić information content (AvgIpc) is 2.14. The van der Waals surface area contributed by atoms with Gasteiger partial charge in [-0.3, -0.25) is 4.79 Å². The molecular formula is C12H13F3O2. The summed E-state index contributed by atoms with van der Waals surface area (Å²) in [6.45, 7) is 3.65. The third kappa shape index (κ3) is 4.46. The van der Waals surface area contributed by atoms with E-state index in [1.54, 1.807) is 0 Å². The number of para-hydroxylation sites is 1. The highest BCUT2D eigenvalue weighted by atomic mass is 19.4. The zero-order valence-electron chi connectivity index (χ0n) is 9.54. The normalized spacial score (nSPS) is 11.6. The molecule has 1 aromatic rings. The first-order chi connectivity index (χ1) is 7.79. The maximum atomic E-state index is 12.1. The van der Waals surface area contributed by atoms with Crippen LogP contribution < -0.4 is 4.74 Å². The van der Waals surface area contributed by atoms with Gasteiger partial charge in [-0.05, 0) is 18.1 Å². The standard InChI is InChI=1S/C12H13F3O2/c1-8(2)7-10(16)9-5-3-4-6-11(9)17-12(13,14)15/h3-6,8H,7H2,1-2H3. The largest absolute Gasteiger partial charge is 0.573 e. The summed E-state index contributed by atoms with van der Waals surface area (Å²) >= 11 is 0. The first-order valence-corrected chi connectivity index (χ1v) is 5.17. The Labute approximate surface area is 97.4 Å². The van der Waals surface area contributed by atoms with E-state index in [-0.39, 0.29) is 23.7 Å². The molecule has 0 saturated heterocycles. The Morgan fingerprint density at radius 1 is 1.29 bits per heavy atom. The minimum atomic E-state index is -4.78. The highest BCUT2D eigenvalue weighted by molar-refractivity contribution is 5.98. The molecule has 0 radical (unpaired) electrons. The molecule has 1 rings (SSSR count). The number of ketones is 1. The molecule has 0 aliphatic rings. The SMILES string of the molecule is CC(C)CC(=O)c1ccccc1OC(F)(F)F. The van der Waals surface area contributed by atoms with Gasteiger partial charge in [0.1, 0.15) is 5.75 Å². The van der Waals surface area contributed by atoms with Crippen molar-refractivity contribution in [2.24, 2.45) is 5.92 Å². The monoisotopic (exact) mass is 246 g/mol. The van der Waals surface area contributed by atoms with E-state index in [0.717, 1.165) is 6.07 Å². The van der Waals surface area contributed by atoms with Gasteiger partial charge < -0.3 is 4.74 Å². The lowest BCUT2D eigenvalue weighted by atomic mass is 10.0. The Balaban J connectivity index is 2.95. The van der Waals surface area contributed by atoms with Crippen LogP contribution in [0.15, 0.2) is 24.3 Å². The maximum absolute atomic E-state index is 12.1. The van der Waals surface area contributed by atoms with Gasteiger partial charge in [0.2, 0.25) is 0 Å². The van der Waals surface area contributed by atoms with Gasteiger partial charge >= 0.3 is 6.36 Å². The highest BCUT2D eigenvalue weighted by Crippen LogP contribution is 2.27. The molecule has 0 saturated carbocycles. The van der Waals surface area contributed by atoms with Gasteiger partial charge in [-0.2, -0.15) is 0 Å². The molecule has 5 heteroatoms. The number of hydrogen-bond donors (Lipinski definition) is 0. The van der Waals surface area contributed by atoms with E-state index >= 15 is 0 Å². The molecule has 0 aromatic heterocycles. The fraction of sp³-hybridized carbons (Fsp3) is 0.417. The second-order valence-corrected chi connectivity index (χ2v) is 4.07. The van der Waals surface area contributed by atoms with Crippen molar-refractivity contribution < 1.29 is 22.7 Å². The molecule has 0 N–H and O–H groups in total. The Morgan fingerprint density at radius 3 is 2.41 bits per heavy atom. The first-order valence-electron chi connectivity index (χ1n) is 5.17. The molecular weight excluding hydrogens is 233 g/mol. The number of carbonyl (C=O) groups excluding carboxylic acids is 1. The van der Waals surface area contributed by atoms with E-state index in [4.69, 9.17) is 0 Å². The fourth-order valence-corrected chi connectivity index (χ4v) is 1.39. The van der Waals surface area contributed by atoms with E-state index in [2.05, 4.69) is 4.74 Å². The summed E-state index contributed by atoms with van der Waals surface area (Å²) in [6.07, 6.45) is -4.59. The molecule has 94 valence electrons. The minimum Gasteiger partial charge on any atom is -0.405 e. The van der Waals surface area contributed by atoms with Crippen LogP contribution in [-0.2, 0) is 0 Å². The Kier molecular flexibility index (Phi) is 4.15. The number of halogens is 3. The second-order valence-electron chi connectivity index (χ2n) is 4.07. The summed E-state index contributed by atoms with van der Waals surface area (Å²) in [5, 5.41) is 0. The van der Waals surface area contributed by atoms with Crippen molar-refractivity contribution in [1.82, 2.24) is 0 Å². The van der Waals surface area contributed by atoms with Crippen LogP contribution in [-0.4, -0.2) is 12.1 Å². The van der Waals surface area contributed by atoms with Crippen LogP contribution in [0.2, 0.25) is 0 Å². The smallest absolute Gasteiger partial charge is 0.405 e. The first kappa shape index (κ1) is 13.5. The number of alkyl halides is 3. The average molecular weight is 246 g/mol. The number of ether oxygens (including phenoxy) is 1. The molecule has 1 aromatic carbocycles. The molecule has 0 amide bonds. The number of rotatable bonds is 4. The van der Waals surface area contributed by atoms with Crippen molar-refractivity contribution in [2.45, 2.75) is 26.6 Å². The number of carbonyl (C=O) groups is 1. The van der Waals surface area contributed by atoms with Crippen LogP contribution in [0.5, 0.6) is 5.75 Å². The fourth-order valence-electron chi connectivity index (χ4n) is 1.39. The van der Waals surface area contributed by atoms with Crippen LogP contribution in [0.1, 0.15) is 30.6 Å². The number of hydrogen-bond acceptors (Lipinski definition) is 2. The molecule has 2 nitrogen and oxygen atoms in total. The lowest BCUT2D eigenvalue weighted by Gasteiger charge is -2.13. The van der Waals surface area contributed by atoms with E-state index in [9.17, 15) is 18.0 Å². The van der Waals surface area contributed by atoms with Crippen LogP contribution in [0, 0.1) is 5.92 Å². The minimum absolute atomic E-state index is 0.0291. The van der Waals surface area contributed by atoms with Crippen molar-refractivity contribution in [3.05, 3.63) is 29.8 Å². The van der Waals surface area contributed by atoms with Crippen LogP contribution in [0.3, 0.4) is 0 Å². The van der Waals surface area contributed by atoms with Crippen molar-refractivity contribution in [2.75, 3.05) is 0 Å². The van der Waals surface area contributed by atoms with E-state index < -0.39 is 12.1 Å². The van der Waals surface area contributed by atoms with Crippen LogP contribution >= 0.6 is 0 Å². The van der Waals surface area contributed by atoms with E-state index in [0.29, 0.717) is 0 Å². The Morgan fingerprint density at radius 2 is 1.88 bits per heavy atom. The number of Topliss-reactive ketones (excluding diaryl/α,β-unsaturated/α-hetero) is 1. The predicted molar refractivity (Wildman–Crippen MR) is 56.9 cm³/mol. The zero-order valence-corrected chi connectivity index (χ0v) is 9.54. The zero-order chi connectivity index (χ0) is 13.1. The molecule has 0 aliphatic carbocycles. The van der Waals surface area contributed by atoms with Crippen molar-refractivity contribution in [3.8, 4) is 5.75 Å². The Bertz CT molecular complexity index is 397. The molecule has 0 bridgehead atoms. The van der Waals surface area contributed by atoms with E-state index in [1.165, 1.54) is 18.2 Å². The van der Waals surface area contributed by atoms with Crippen molar-refractivity contribution in [3.63, 3.8) is 0 Å². The van der Waals surface area contributed by atoms with E-state index in [1.807, 2.05) is 13.8 Å². The Hall–Kier alpha value is -1.52. The van der Waals surface area contributed by atoms with Gasteiger partial charge in [0.25, 0.3) is 0 Å². The maximum Gasteiger partial charge on any atom is 0.573 e. The third-order valence-electron chi connectivity index (χ3n) is 2.01. The summed E-state index contributed by atoms with van der Waals surface area (Å²) in [6, 6.07) is 5.39. The van der Waals surface area contributed by atoms with Gasteiger partial charge in [-0.25, -0.2) is 0 Å². The summed E-state index contributed by atoms with van der Waals surface area (Å²) in [5.74, 6) is -0.702. The quantitative estimate of drug-likeness (QED) is 0.755. The molecule has 0 spiro atoms. The molecule has 0 fully saturated rings. The van der Waals surface area contributed by atoms with Gasteiger partial charge in [-0.15, -0.1) is 13.2 Å². The van der Waals surface area contributed by atoms with Crippen LogP contribution in [0.25, 0.3) is 0 Å². The second kappa shape index (κ2) is 5.21. The molecule has 17 heavy (non-hydrogen) atoms. The summed E-state index contributed by atoms with van der Waals surface area (Å²) in [4.78, 5) is 11.7. The van der Waals surface area contributed by atoms with Crippen molar-refractivity contribution in [1.29, 1.82) is 0 Å². The lowest BCUT2D eigenvalue weighted by molar-refractivity contribution is -0.274. The third-order valence-corrected chi connectivity index (χ3v) is 2.01. The lowest BCUT2D eigenvalue weighted by Crippen LogP contribution is -2.19. The topological polar surface area (TPSA) is 26.3 Å². The van der Waals surface area contributed by atoms with Gasteiger partial charge in [-0.1, -0.05) is 26.0 Å². The van der Waals surface area contributed by atoms with Gasteiger partial charge in [0.15, 0.2) is 5.78 Å². The van der Waals surface area contributed by atoms with Gasteiger partial charge in [0.05, 0.1) is 5.56 Å². The van der Waals surface area contributed by atoms with Crippen LogP contribution in [0.4, 0.5) is 13.2 Å². The summed E-state index contributed by atoms with van der Waals surface area (Å²) in [7, 11) is 0. The molecule has 0 unspecified atom stereocenters. The summed E-state index contributed by atoms with van der Waals surface area (Å²) < 4.78 is 40.2. The predicted octanol–water partition coefficient (Wildman–Crippen LogP) is 3.81. The summed E-state index contributed by atoms with van der Waals surface area (Å²) in [5.41, 5.74) is -0.0291. The number of benzene rings is 1. The van der Waals surface area contributed by atoms with Crippen molar-refractivity contribution >= 4 is 5.78 Å². The molecule has 0 aliphatic heterocycles. The highest BCUT2D eigenvalue weighted by Gasteiger charge is 2.32. The van der Waals surface area contributed by atoms with Gasteiger partial charge in [0, 0.05) is 6.42 Å².